The van der Waals surface area contributed by atoms with Crippen molar-refractivity contribution in [1.82, 2.24) is 10.2 Å². The molecule has 0 unspecified atom stereocenters. The van der Waals surface area contributed by atoms with E-state index in [4.69, 9.17) is 0 Å². The van der Waals surface area contributed by atoms with Crippen LogP contribution in [0, 0.1) is 12.8 Å². The van der Waals surface area contributed by atoms with E-state index < -0.39 is 6.04 Å². The number of anilines is 1. The molecule has 6 nitrogen and oxygen atoms in total. The summed E-state index contributed by atoms with van der Waals surface area (Å²) < 4.78 is 0. The van der Waals surface area contributed by atoms with Crippen molar-refractivity contribution in [3.63, 3.8) is 0 Å². The van der Waals surface area contributed by atoms with Gasteiger partial charge in [0.05, 0.1) is 5.69 Å². The molecule has 0 spiro atoms. The fourth-order valence-corrected chi connectivity index (χ4v) is 5.23. The molecule has 4 aromatic carbocycles. The summed E-state index contributed by atoms with van der Waals surface area (Å²) in [4.78, 5) is 44.6. The number of nitrogens with zero attached hydrogens (tertiary/aromatic N) is 2. The van der Waals surface area contributed by atoms with Crippen LogP contribution in [0.4, 0.5) is 5.69 Å². The summed E-state index contributed by atoms with van der Waals surface area (Å²) in [6.45, 7) is 6.71. The Hall–Kier alpha value is -4.45. The first-order valence-electron chi connectivity index (χ1n) is 13.8. The van der Waals surface area contributed by atoms with Gasteiger partial charge >= 0.3 is 0 Å². The van der Waals surface area contributed by atoms with Crippen molar-refractivity contribution in [2.24, 2.45) is 5.92 Å². The number of carbonyl (C=O) groups is 3. The molecule has 1 atom stereocenters. The fraction of sp³-hybridized carbons (Fsp3) is 0.265. The van der Waals surface area contributed by atoms with E-state index in [2.05, 4.69) is 5.32 Å². The normalized spacial score (nSPS) is 13.1. The third-order valence-electron chi connectivity index (χ3n) is 7.37. The van der Waals surface area contributed by atoms with E-state index >= 15 is 0 Å². The number of aryl methyl sites for hydroxylation is 1. The van der Waals surface area contributed by atoms with Gasteiger partial charge in [-0.1, -0.05) is 98.3 Å². The summed E-state index contributed by atoms with van der Waals surface area (Å²) in [6, 6.07) is 28.4. The summed E-state index contributed by atoms with van der Waals surface area (Å²) in [5, 5.41) is 4.88. The van der Waals surface area contributed by atoms with Crippen LogP contribution in [-0.4, -0.2) is 41.8 Å². The molecule has 3 amide bonds. The topological polar surface area (TPSA) is 69.7 Å². The highest BCUT2D eigenvalue weighted by molar-refractivity contribution is 6.26. The molecule has 0 bridgehead atoms. The summed E-state index contributed by atoms with van der Waals surface area (Å²) in [5.74, 6) is -0.404. The van der Waals surface area contributed by atoms with E-state index in [1.807, 2.05) is 106 Å². The second kappa shape index (κ2) is 11.7. The van der Waals surface area contributed by atoms with Gasteiger partial charge in [0.2, 0.25) is 11.8 Å². The molecule has 40 heavy (non-hydrogen) atoms. The Bertz CT molecular complexity index is 1520. The van der Waals surface area contributed by atoms with E-state index in [9.17, 15) is 14.4 Å². The maximum atomic E-state index is 14.2. The number of hydrogen-bond acceptors (Lipinski definition) is 3. The van der Waals surface area contributed by atoms with Gasteiger partial charge in [-0.3, -0.25) is 19.3 Å². The molecule has 1 aliphatic heterocycles. The number of amides is 3. The third-order valence-corrected chi connectivity index (χ3v) is 7.37. The van der Waals surface area contributed by atoms with Gasteiger partial charge in [-0.15, -0.1) is 0 Å². The fourth-order valence-electron chi connectivity index (χ4n) is 5.23. The monoisotopic (exact) mass is 533 g/mol. The molecule has 0 saturated carbocycles. The molecule has 204 valence electrons. The Balaban J connectivity index is 1.50. The molecule has 0 radical (unpaired) electrons. The van der Waals surface area contributed by atoms with Gasteiger partial charge in [0, 0.05) is 30.5 Å². The summed E-state index contributed by atoms with van der Waals surface area (Å²) >= 11 is 0. The lowest BCUT2D eigenvalue weighted by Crippen LogP contribution is -2.53. The number of benzene rings is 4. The molecule has 0 aromatic heterocycles. The number of nitrogens with one attached hydrogen (secondary N) is 1. The minimum Gasteiger partial charge on any atom is -0.354 e. The first-order chi connectivity index (χ1) is 19.3. The maximum Gasteiger partial charge on any atom is 0.259 e. The van der Waals surface area contributed by atoms with E-state index in [1.54, 1.807) is 15.9 Å². The minimum atomic E-state index is -0.745. The van der Waals surface area contributed by atoms with Gasteiger partial charge in [0.1, 0.15) is 12.6 Å². The van der Waals surface area contributed by atoms with Gasteiger partial charge < -0.3 is 10.2 Å². The predicted molar refractivity (Wildman–Crippen MR) is 159 cm³/mol. The highest BCUT2D eigenvalue weighted by Gasteiger charge is 2.35. The van der Waals surface area contributed by atoms with E-state index in [1.165, 1.54) is 0 Å². The molecule has 1 aliphatic rings. The number of rotatable bonds is 10. The van der Waals surface area contributed by atoms with Crippen molar-refractivity contribution in [2.75, 3.05) is 18.0 Å². The minimum absolute atomic E-state index is 0.152. The lowest BCUT2D eigenvalue weighted by molar-refractivity contribution is -0.140. The first-order valence-corrected chi connectivity index (χ1v) is 13.8. The Morgan fingerprint density at radius 1 is 0.850 bits per heavy atom. The highest BCUT2D eigenvalue weighted by Crippen LogP contribution is 2.37. The van der Waals surface area contributed by atoms with Crippen LogP contribution in [0.5, 0.6) is 0 Å². The largest absolute Gasteiger partial charge is 0.354 e. The van der Waals surface area contributed by atoms with E-state index in [0.717, 1.165) is 33.2 Å². The van der Waals surface area contributed by atoms with Crippen LogP contribution in [0.1, 0.15) is 40.9 Å². The Labute approximate surface area is 235 Å². The second-order valence-electron chi connectivity index (χ2n) is 10.9. The third kappa shape index (κ3) is 5.76. The zero-order valence-electron chi connectivity index (χ0n) is 23.3. The van der Waals surface area contributed by atoms with Gasteiger partial charge in [0.25, 0.3) is 5.91 Å². The Morgan fingerprint density at radius 3 is 2.25 bits per heavy atom. The molecule has 5 rings (SSSR count). The molecular formula is C34H35N3O3. The van der Waals surface area contributed by atoms with Gasteiger partial charge in [-0.05, 0) is 41.5 Å². The molecule has 4 aromatic rings. The van der Waals surface area contributed by atoms with Gasteiger partial charge in [0.15, 0.2) is 0 Å². The van der Waals surface area contributed by atoms with Crippen molar-refractivity contribution in [3.05, 3.63) is 113 Å². The van der Waals surface area contributed by atoms with Crippen LogP contribution in [0.25, 0.3) is 10.8 Å². The molecule has 0 saturated heterocycles. The molecule has 0 fully saturated rings. The molecule has 6 heteroatoms. The van der Waals surface area contributed by atoms with Crippen molar-refractivity contribution in [1.29, 1.82) is 0 Å². The molecular weight excluding hydrogens is 498 g/mol. The van der Waals surface area contributed by atoms with Crippen LogP contribution in [-0.2, 0) is 22.6 Å². The highest BCUT2D eigenvalue weighted by atomic mass is 16.2. The maximum absolute atomic E-state index is 14.2. The van der Waals surface area contributed by atoms with Gasteiger partial charge in [-0.25, -0.2) is 0 Å². The van der Waals surface area contributed by atoms with E-state index in [0.29, 0.717) is 18.5 Å². The Morgan fingerprint density at radius 2 is 1.55 bits per heavy atom. The van der Waals surface area contributed by atoms with E-state index in [-0.39, 0.29) is 36.7 Å². The van der Waals surface area contributed by atoms with Crippen molar-refractivity contribution in [3.8, 4) is 0 Å². The van der Waals surface area contributed by atoms with Crippen LogP contribution in [0.2, 0.25) is 0 Å². The Kier molecular flexibility index (Phi) is 7.96. The molecule has 1 N–H and O–H groups in total. The van der Waals surface area contributed by atoms with Crippen molar-refractivity contribution in [2.45, 2.75) is 39.8 Å². The summed E-state index contributed by atoms with van der Waals surface area (Å²) in [7, 11) is 0. The quantitative estimate of drug-likeness (QED) is 0.292. The van der Waals surface area contributed by atoms with Crippen molar-refractivity contribution >= 4 is 34.2 Å². The predicted octanol–water partition coefficient (Wildman–Crippen LogP) is 5.52. The standard InChI is InChI=1S/C34H35N3O3/c1-23(2)20-35-33(39)30(19-25-9-5-4-6-10-25)36(21-26-17-15-24(3)16-18-26)31(38)22-37-29-14-8-12-27-11-7-13-28(32(27)29)34(37)40/h4-18,23,30H,19-22H2,1-3H3,(H,35,39)/t30-/m0/s1. The molecule has 0 aliphatic carbocycles. The van der Waals surface area contributed by atoms with Crippen LogP contribution < -0.4 is 10.2 Å². The average Bonchev–Trinajstić information content (AvgIpc) is 3.23. The van der Waals surface area contributed by atoms with Gasteiger partial charge in [-0.2, -0.15) is 0 Å². The smallest absolute Gasteiger partial charge is 0.259 e. The summed E-state index contributed by atoms with van der Waals surface area (Å²) in [5.41, 5.74) is 4.33. The summed E-state index contributed by atoms with van der Waals surface area (Å²) in [6.07, 6.45) is 0.367. The van der Waals surface area contributed by atoms with Crippen LogP contribution in [0.3, 0.4) is 0 Å². The number of hydrogen-bond donors (Lipinski definition) is 1. The SMILES string of the molecule is Cc1ccc(CN(C(=O)CN2C(=O)c3cccc4cccc2c34)[C@@H](Cc2ccccc2)C(=O)NCC(C)C)cc1. The molecule has 1 heterocycles. The zero-order valence-corrected chi connectivity index (χ0v) is 23.3. The second-order valence-corrected chi connectivity index (χ2v) is 10.9. The van der Waals surface area contributed by atoms with Crippen LogP contribution in [0.15, 0.2) is 91.0 Å². The first kappa shape index (κ1) is 27.1. The van der Waals surface area contributed by atoms with Crippen molar-refractivity contribution < 1.29 is 14.4 Å². The average molecular weight is 534 g/mol. The lowest BCUT2D eigenvalue weighted by atomic mass is 10.0. The lowest BCUT2D eigenvalue weighted by Gasteiger charge is -2.33. The zero-order chi connectivity index (χ0) is 28.2. The number of carbonyl (C=O) groups excluding carboxylic acids is 3. The van der Waals surface area contributed by atoms with Crippen LogP contribution >= 0.6 is 0 Å².